The van der Waals surface area contributed by atoms with Crippen molar-refractivity contribution >= 4 is 28.1 Å². The summed E-state index contributed by atoms with van der Waals surface area (Å²) in [7, 11) is 0. The highest BCUT2D eigenvalue weighted by atomic mass is 16.4. The third-order valence-corrected chi connectivity index (χ3v) is 6.40. The molecule has 1 N–H and O–H groups in total. The summed E-state index contributed by atoms with van der Waals surface area (Å²) >= 11 is 0. The third kappa shape index (κ3) is 4.29. The summed E-state index contributed by atoms with van der Waals surface area (Å²) in [6, 6.07) is 13.3. The van der Waals surface area contributed by atoms with Crippen molar-refractivity contribution in [2.24, 2.45) is 0 Å². The average molecular weight is 381 g/mol. The van der Waals surface area contributed by atoms with Crippen LogP contribution >= 0.6 is 0 Å². The minimum atomic E-state index is -0.673. The number of rotatable bonds is 10. The highest BCUT2D eigenvalue weighted by Gasteiger charge is 2.43. The number of fused-ring (bicyclic) bond motifs is 3. The Bertz CT molecular complexity index is 879. The molecule has 0 bridgehead atoms. The third-order valence-electron chi connectivity index (χ3n) is 6.40. The average Bonchev–Trinajstić information content (AvgIpc) is 2.87. The van der Waals surface area contributed by atoms with Crippen LogP contribution in [0.3, 0.4) is 0 Å². The molecule has 150 valence electrons. The van der Waals surface area contributed by atoms with Crippen molar-refractivity contribution in [2.45, 2.75) is 77.6 Å². The molecule has 0 unspecified atom stereocenters. The molecule has 0 aromatic heterocycles. The Morgan fingerprint density at radius 3 is 2.29 bits per heavy atom. The zero-order valence-electron chi connectivity index (χ0n) is 17.6. The van der Waals surface area contributed by atoms with Gasteiger partial charge >= 0.3 is 5.97 Å². The first kappa shape index (κ1) is 20.6. The standard InChI is InChI=1S/C25H33NO2/c1-19-25(2,3)24-21-14-11-10-13-20(21)16-17-22(24)26(19)18-12-8-6-4-5-7-9-15-23(27)28/h10-11,13-14,16-17H,4-9,12,15,18H2,1-3H3/p+1. The molecule has 0 saturated carbocycles. The van der Waals surface area contributed by atoms with Gasteiger partial charge in [-0.2, -0.15) is 4.58 Å². The number of hydrogen-bond donors (Lipinski definition) is 1. The van der Waals surface area contributed by atoms with Gasteiger partial charge in [-0.1, -0.05) is 49.9 Å². The van der Waals surface area contributed by atoms with Gasteiger partial charge in [0.05, 0.1) is 5.41 Å². The highest BCUT2D eigenvalue weighted by molar-refractivity contribution is 6.01. The van der Waals surface area contributed by atoms with Crippen molar-refractivity contribution in [2.75, 3.05) is 6.54 Å². The highest BCUT2D eigenvalue weighted by Crippen LogP contribution is 2.43. The lowest BCUT2D eigenvalue weighted by molar-refractivity contribution is -0.439. The van der Waals surface area contributed by atoms with Crippen LogP contribution in [-0.2, 0) is 10.2 Å². The Hall–Kier alpha value is -2.16. The fourth-order valence-electron chi connectivity index (χ4n) is 4.56. The molecule has 1 aliphatic rings. The predicted octanol–water partition coefficient (Wildman–Crippen LogP) is 6.44. The second-order valence-corrected chi connectivity index (χ2v) is 8.66. The van der Waals surface area contributed by atoms with Gasteiger partial charge in [0.25, 0.3) is 0 Å². The molecule has 0 aliphatic carbocycles. The normalized spacial score (nSPS) is 15.2. The fraction of sp³-hybridized carbons (Fsp3) is 0.520. The molecule has 1 heterocycles. The van der Waals surface area contributed by atoms with E-state index >= 15 is 0 Å². The molecule has 3 nitrogen and oxygen atoms in total. The second-order valence-electron chi connectivity index (χ2n) is 8.66. The first-order chi connectivity index (χ1) is 13.4. The molecule has 0 fully saturated rings. The maximum atomic E-state index is 10.5. The van der Waals surface area contributed by atoms with Crippen molar-refractivity contribution in [3.05, 3.63) is 42.0 Å². The second kappa shape index (κ2) is 8.89. The molecule has 1 aliphatic heterocycles. The minimum absolute atomic E-state index is 0.0698. The van der Waals surface area contributed by atoms with Gasteiger partial charge in [0, 0.05) is 31.4 Å². The van der Waals surface area contributed by atoms with E-state index in [4.69, 9.17) is 5.11 Å². The van der Waals surface area contributed by atoms with Gasteiger partial charge in [-0.25, -0.2) is 0 Å². The zero-order chi connectivity index (χ0) is 20.1. The molecule has 0 spiro atoms. The lowest BCUT2D eigenvalue weighted by atomic mass is 9.80. The smallest absolute Gasteiger partial charge is 0.303 e. The van der Waals surface area contributed by atoms with E-state index in [2.05, 4.69) is 61.7 Å². The van der Waals surface area contributed by atoms with Gasteiger partial charge in [-0.05, 0) is 43.5 Å². The Kier molecular flexibility index (Phi) is 6.53. The molecule has 0 atom stereocenters. The fourth-order valence-corrected chi connectivity index (χ4v) is 4.56. The van der Waals surface area contributed by atoms with Crippen molar-refractivity contribution in [3.63, 3.8) is 0 Å². The number of hydrogen-bond acceptors (Lipinski definition) is 1. The Morgan fingerprint density at radius 1 is 0.929 bits per heavy atom. The number of carboxylic acids is 1. The van der Waals surface area contributed by atoms with Crippen LogP contribution in [0.2, 0.25) is 0 Å². The van der Waals surface area contributed by atoms with Gasteiger partial charge in [0.2, 0.25) is 5.69 Å². The number of nitrogens with zero attached hydrogens (tertiary/aromatic N) is 1. The largest absolute Gasteiger partial charge is 0.481 e. The summed E-state index contributed by atoms with van der Waals surface area (Å²) < 4.78 is 2.54. The van der Waals surface area contributed by atoms with Gasteiger partial charge in [0.15, 0.2) is 5.71 Å². The minimum Gasteiger partial charge on any atom is -0.481 e. The monoisotopic (exact) mass is 380 g/mol. The summed E-state index contributed by atoms with van der Waals surface area (Å²) in [4.78, 5) is 10.5. The van der Waals surface area contributed by atoms with E-state index in [0.29, 0.717) is 6.42 Å². The van der Waals surface area contributed by atoms with Crippen LogP contribution in [0.25, 0.3) is 10.8 Å². The van der Waals surface area contributed by atoms with Crippen molar-refractivity contribution < 1.29 is 14.5 Å². The Morgan fingerprint density at radius 2 is 1.57 bits per heavy atom. The van der Waals surface area contributed by atoms with Crippen molar-refractivity contribution in [3.8, 4) is 0 Å². The Balaban J connectivity index is 1.56. The molecule has 3 heteroatoms. The van der Waals surface area contributed by atoms with Gasteiger partial charge < -0.3 is 5.11 Å². The first-order valence-electron chi connectivity index (χ1n) is 10.8. The number of unbranched alkanes of at least 4 members (excludes halogenated alkanes) is 6. The summed E-state index contributed by atoms with van der Waals surface area (Å²) in [5.41, 5.74) is 4.38. The summed E-state index contributed by atoms with van der Waals surface area (Å²) in [6.07, 6.45) is 8.23. The van der Waals surface area contributed by atoms with Crippen LogP contribution in [0.5, 0.6) is 0 Å². The van der Waals surface area contributed by atoms with Crippen LogP contribution in [0.15, 0.2) is 36.4 Å². The van der Waals surface area contributed by atoms with Gasteiger partial charge in [0.1, 0.15) is 6.54 Å². The summed E-state index contributed by atoms with van der Waals surface area (Å²) in [5.74, 6) is -0.673. The number of aliphatic carboxylic acids is 1. The molecule has 0 saturated heterocycles. The molecule has 2 aromatic carbocycles. The lowest BCUT2D eigenvalue weighted by Gasteiger charge is -2.17. The molecule has 0 radical (unpaired) electrons. The molecule has 2 aromatic rings. The topological polar surface area (TPSA) is 40.3 Å². The SMILES string of the molecule is CC1=[N+](CCCCCCCCCC(=O)O)c2ccc3ccccc3c2C1(C)C. The number of carbonyl (C=O) groups is 1. The van der Waals surface area contributed by atoms with Crippen molar-refractivity contribution in [1.29, 1.82) is 0 Å². The zero-order valence-corrected chi connectivity index (χ0v) is 17.6. The van der Waals surface area contributed by atoms with Gasteiger partial charge in [-0.15, -0.1) is 0 Å². The van der Waals surface area contributed by atoms with Crippen LogP contribution in [0.1, 0.15) is 77.7 Å². The van der Waals surface area contributed by atoms with E-state index < -0.39 is 5.97 Å². The van der Waals surface area contributed by atoms with E-state index in [-0.39, 0.29) is 5.41 Å². The summed E-state index contributed by atoms with van der Waals surface area (Å²) in [5, 5.41) is 11.4. The molecule has 28 heavy (non-hydrogen) atoms. The quantitative estimate of drug-likeness (QED) is 0.380. The first-order valence-corrected chi connectivity index (χ1v) is 10.8. The van der Waals surface area contributed by atoms with Crippen LogP contribution in [-0.4, -0.2) is 27.9 Å². The van der Waals surface area contributed by atoms with Crippen LogP contribution < -0.4 is 0 Å². The van der Waals surface area contributed by atoms with E-state index in [9.17, 15) is 4.79 Å². The Labute approximate surface area is 169 Å². The molecular formula is C25H34NO2+. The maximum Gasteiger partial charge on any atom is 0.303 e. The predicted molar refractivity (Wildman–Crippen MR) is 117 cm³/mol. The molecular weight excluding hydrogens is 346 g/mol. The number of carboxylic acid groups (broad SMARTS) is 1. The summed E-state index contributed by atoms with van der Waals surface area (Å²) in [6.45, 7) is 8.08. The lowest BCUT2D eigenvalue weighted by Crippen LogP contribution is -2.26. The maximum absolute atomic E-state index is 10.5. The van der Waals surface area contributed by atoms with Crippen LogP contribution in [0.4, 0.5) is 5.69 Å². The number of benzene rings is 2. The van der Waals surface area contributed by atoms with Crippen molar-refractivity contribution in [1.82, 2.24) is 0 Å². The van der Waals surface area contributed by atoms with Gasteiger partial charge in [-0.3, -0.25) is 4.79 Å². The van der Waals surface area contributed by atoms with E-state index in [0.717, 1.165) is 25.8 Å². The van der Waals surface area contributed by atoms with E-state index in [1.165, 1.54) is 53.4 Å². The molecule has 3 rings (SSSR count). The van der Waals surface area contributed by atoms with E-state index in [1.54, 1.807) is 0 Å². The van der Waals surface area contributed by atoms with Crippen LogP contribution in [0, 0.1) is 0 Å². The van der Waals surface area contributed by atoms with E-state index in [1.807, 2.05) is 0 Å². The molecule has 0 amide bonds.